The molecule has 0 bridgehead atoms. The summed E-state index contributed by atoms with van der Waals surface area (Å²) in [5.41, 5.74) is 0.00631. The number of carbonyl (C=O) groups excluding carboxylic acids is 2. The Morgan fingerprint density at radius 3 is 2.68 bits per heavy atom. The second-order valence-electron chi connectivity index (χ2n) is 3.57. The first kappa shape index (κ1) is 14.6. The Morgan fingerprint density at radius 2 is 2.16 bits per heavy atom. The molecule has 8 nitrogen and oxygen atoms in total. The van der Waals surface area contributed by atoms with Gasteiger partial charge in [0.15, 0.2) is 0 Å². The van der Waals surface area contributed by atoms with E-state index in [0.717, 1.165) is 0 Å². The van der Waals surface area contributed by atoms with E-state index in [1.54, 1.807) is 0 Å². The van der Waals surface area contributed by atoms with Crippen molar-refractivity contribution in [2.75, 3.05) is 7.11 Å². The number of esters is 1. The first-order valence-corrected chi connectivity index (χ1v) is 5.41. The van der Waals surface area contributed by atoms with E-state index < -0.39 is 23.9 Å². The lowest BCUT2D eigenvalue weighted by molar-refractivity contribution is -0.142. The van der Waals surface area contributed by atoms with Crippen LogP contribution in [0.15, 0.2) is 18.6 Å². The molecule has 0 aliphatic carbocycles. The third-order valence-corrected chi connectivity index (χ3v) is 2.26. The maximum Gasteiger partial charge on any atom is 0.326 e. The molecular formula is C11H13N3O5. The normalized spacial score (nSPS) is 11.4. The zero-order valence-electron chi connectivity index (χ0n) is 10.2. The largest absolute Gasteiger partial charge is 0.480 e. The molecule has 19 heavy (non-hydrogen) atoms. The van der Waals surface area contributed by atoms with Gasteiger partial charge in [0.1, 0.15) is 11.7 Å². The number of aromatic nitrogens is 2. The number of nitrogens with zero attached hydrogens (tertiary/aromatic N) is 2. The van der Waals surface area contributed by atoms with Crippen molar-refractivity contribution in [2.24, 2.45) is 0 Å². The predicted molar refractivity (Wildman–Crippen MR) is 62.2 cm³/mol. The number of rotatable bonds is 6. The van der Waals surface area contributed by atoms with Gasteiger partial charge in [-0.1, -0.05) is 0 Å². The monoisotopic (exact) mass is 267 g/mol. The van der Waals surface area contributed by atoms with E-state index in [-0.39, 0.29) is 18.5 Å². The fourth-order valence-corrected chi connectivity index (χ4v) is 1.27. The fraction of sp³-hybridized carbons (Fsp3) is 0.364. The molecule has 0 spiro atoms. The van der Waals surface area contributed by atoms with Crippen LogP contribution in [0, 0.1) is 0 Å². The van der Waals surface area contributed by atoms with Crippen LogP contribution < -0.4 is 5.32 Å². The van der Waals surface area contributed by atoms with Crippen LogP contribution in [-0.2, 0) is 14.3 Å². The van der Waals surface area contributed by atoms with E-state index in [1.807, 2.05) is 0 Å². The van der Waals surface area contributed by atoms with Crippen LogP contribution in [0.25, 0.3) is 0 Å². The first-order chi connectivity index (χ1) is 9.04. The molecule has 1 rings (SSSR count). The Labute approximate surface area is 108 Å². The zero-order chi connectivity index (χ0) is 14.3. The highest BCUT2D eigenvalue weighted by atomic mass is 16.5. The Morgan fingerprint density at radius 1 is 1.42 bits per heavy atom. The number of methoxy groups -OCH3 is 1. The number of hydrogen-bond donors (Lipinski definition) is 2. The molecule has 1 heterocycles. The molecule has 0 unspecified atom stereocenters. The molecule has 0 aromatic carbocycles. The topological polar surface area (TPSA) is 118 Å². The van der Waals surface area contributed by atoms with Gasteiger partial charge in [-0.15, -0.1) is 0 Å². The van der Waals surface area contributed by atoms with Crippen LogP contribution in [-0.4, -0.2) is 46.1 Å². The van der Waals surface area contributed by atoms with Gasteiger partial charge in [-0.05, 0) is 6.42 Å². The van der Waals surface area contributed by atoms with Gasteiger partial charge in [0, 0.05) is 18.8 Å². The van der Waals surface area contributed by atoms with Crippen molar-refractivity contribution in [1.82, 2.24) is 15.3 Å². The van der Waals surface area contributed by atoms with E-state index in [0.29, 0.717) is 0 Å². The Balaban J connectivity index is 2.61. The highest BCUT2D eigenvalue weighted by molar-refractivity contribution is 5.94. The van der Waals surface area contributed by atoms with Crippen molar-refractivity contribution in [3.8, 4) is 0 Å². The summed E-state index contributed by atoms with van der Waals surface area (Å²) in [4.78, 5) is 41.0. The van der Waals surface area contributed by atoms with Crippen molar-refractivity contribution < 1.29 is 24.2 Å². The van der Waals surface area contributed by atoms with Gasteiger partial charge >= 0.3 is 11.9 Å². The first-order valence-electron chi connectivity index (χ1n) is 5.41. The summed E-state index contributed by atoms with van der Waals surface area (Å²) in [6, 6.07) is -1.19. The molecule has 102 valence electrons. The number of amides is 1. The second kappa shape index (κ2) is 7.04. The molecule has 0 radical (unpaired) electrons. The minimum Gasteiger partial charge on any atom is -0.480 e. The van der Waals surface area contributed by atoms with Crippen LogP contribution in [0.4, 0.5) is 0 Å². The van der Waals surface area contributed by atoms with Crippen LogP contribution in [0.5, 0.6) is 0 Å². The van der Waals surface area contributed by atoms with E-state index in [1.165, 1.54) is 25.7 Å². The summed E-state index contributed by atoms with van der Waals surface area (Å²) >= 11 is 0. The third kappa shape index (κ3) is 4.70. The Kier molecular flexibility index (Phi) is 5.39. The fourth-order valence-electron chi connectivity index (χ4n) is 1.27. The SMILES string of the molecule is COC(=O)CC[C@H](NC(=O)c1cnccn1)C(=O)O. The summed E-state index contributed by atoms with van der Waals surface area (Å²) < 4.78 is 4.40. The van der Waals surface area contributed by atoms with Crippen molar-refractivity contribution in [1.29, 1.82) is 0 Å². The van der Waals surface area contributed by atoms with Gasteiger partial charge in [0.2, 0.25) is 0 Å². The predicted octanol–water partition coefficient (Wildman–Crippen LogP) is -0.387. The number of nitrogens with one attached hydrogen (secondary N) is 1. The maximum atomic E-state index is 11.7. The van der Waals surface area contributed by atoms with E-state index in [4.69, 9.17) is 5.11 Å². The number of carboxylic acid groups (broad SMARTS) is 1. The van der Waals surface area contributed by atoms with Crippen LogP contribution in [0.2, 0.25) is 0 Å². The average molecular weight is 267 g/mol. The van der Waals surface area contributed by atoms with Crippen LogP contribution >= 0.6 is 0 Å². The smallest absolute Gasteiger partial charge is 0.326 e. The van der Waals surface area contributed by atoms with Gasteiger partial charge in [0.05, 0.1) is 13.3 Å². The van der Waals surface area contributed by atoms with Gasteiger partial charge in [0.25, 0.3) is 5.91 Å². The number of hydrogen-bond acceptors (Lipinski definition) is 6. The molecule has 0 saturated heterocycles. The summed E-state index contributed by atoms with van der Waals surface area (Å²) in [6.07, 6.45) is 3.76. The molecule has 1 aromatic rings. The minimum absolute atomic E-state index is 0.00631. The lowest BCUT2D eigenvalue weighted by Gasteiger charge is -2.13. The van der Waals surface area contributed by atoms with Crippen molar-refractivity contribution in [2.45, 2.75) is 18.9 Å². The lowest BCUT2D eigenvalue weighted by Crippen LogP contribution is -2.41. The number of carboxylic acids is 1. The lowest BCUT2D eigenvalue weighted by atomic mass is 10.1. The van der Waals surface area contributed by atoms with E-state index in [2.05, 4.69) is 20.0 Å². The zero-order valence-corrected chi connectivity index (χ0v) is 10.2. The van der Waals surface area contributed by atoms with Crippen molar-refractivity contribution in [3.05, 3.63) is 24.3 Å². The quantitative estimate of drug-likeness (QED) is 0.674. The molecule has 0 saturated carbocycles. The van der Waals surface area contributed by atoms with Crippen LogP contribution in [0.3, 0.4) is 0 Å². The molecule has 0 aliphatic heterocycles. The Bertz CT molecular complexity index is 463. The summed E-state index contributed by atoms with van der Waals surface area (Å²) in [5, 5.41) is 11.2. The highest BCUT2D eigenvalue weighted by Crippen LogP contribution is 2.01. The molecule has 1 amide bonds. The van der Waals surface area contributed by atoms with Gasteiger partial charge < -0.3 is 15.2 Å². The molecule has 8 heteroatoms. The van der Waals surface area contributed by atoms with Crippen molar-refractivity contribution in [3.63, 3.8) is 0 Å². The summed E-state index contributed by atoms with van der Waals surface area (Å²) in [5.74, 6) is -2.44. The maximum absolute atomic E-state index is 11.7. The summed E-state index contributed by atoms with van der Waals surface area (Å²) in [6.45, 7) is 0. The number of carbonyl (C=O) groups is 3. The molecule has 1 atom stereocenters. The highest BCUT2D eigenvalue weighted by Gasteiger charge is 2.22. The molecule has 2 N–H and O–H groups in total. The van der Waals surface area contributed by atoms with E-state index in [9.17, 15) is 14.4 Å². The van der Waals surface area contributed by atoms with Crippen LogP contribution in [0.1, 0.15) is 23.3 Å². The Hall–Kier alpha value is -2.51. The second-order valence-corrected chi connectivity index (χ2v) is 3.57. The molecule has 1 aromatic heterocycles. The summed E-state index contributed by atoms with van der Waals surface area (Å²) in [7, 11) is 1.20. The molecule has 0 fully saturated rings. The number of aliphatic carboxylic acids is 1. The standard InChI is InChI=1S/C11H13N3O5/c1-19-9(15)3-2-7(11(17)18)14-10(16)8-6-12-4-5-13-8/h4-7H,2-3H2,1H3,(H,14,16)(H,17,18)/t7-/m0/s1. The van der Waals surface area contributed by atoms with Gasteiger partial charge in [-0.2, -0.15) is 0 Å². The molecular weight excluding hydrogens is 254 g/mol. The van der Waals surface area contributed by atoms with E-state index >= 15 is 0 Å². The minimum atomic E-state index is -1.24. The van der Waals surface area contributed by atoms with Gasteiger partial charge in [-0.25, -0.2) is 9.78 Å². The average Bonchev–Trinajstić information content (AvgIpc) is 2.43. The van der Waals surface area contributed by atoms with Gasteiger partial charge in [-0.3, -0.25) is 14.6 Å². The molecule has 0 aliphatic rings. The van der Waals surface area contributed by atoms with Crippen molar-refractivity contribution >= 4 is 17.8 Å². The third-order valence-electron chi connectivity index (χ3n) is 2.26. The number of ether oxygens (including phenoxy) is 1.